The molecule has 1 amide bonds. The normalized spacial score (nSPS) is 21.6. The van der Waals surface area contributed by atoms with Crippen LogP contribution in [-0.4, -0.2) is 63.3 Å². The number of ether oxygens (including phenoxy) is 2. The summed E-state index contributed by atoms with van der Waals surface area (Å²) in [7, 11) is -1.53. The fraction of sp³-hybridized carbons (Fsp3) is 0.593. The number of methoxy groups -OCH3 is 1. The standard InChI is InChI=1S/C27H38N2O6S2/c1-27(2,3)17-9-10-20-23(13-17)36-26(24(20)25(31)29-18-11-12-37(32,33)16-18)28-14-19(30)15-35-22-8-6-5-7-21(22)34-4/h5-8,17-19,28,30H,9-16H2,1-4H3,(H,29,31). The number of anilines is 1. The van der Waals surface area contributed by atoms with Gasteiger partial charge in [-0.25, -0.2) is 8.42 Å². The van der Waals surface area contributed by atoms with Gasteiger partial charge in [0.1, 0.15) is 17.7 Å². The number of aliphatic hydroxyl groups excluding tert-OH is 1. The van der Waals surface area contributed by atoms with Crippen LogP contribution in [0.4, 0.5) is 5.00 Å². The molecule has 37 heavy (non-hydrogen) atoms. The molecule has 0 radical (unpaired) electrons. The third kappa shape index (κ3) is 6.78. The maximum Gasteiger partial charge on any atom is 0.254 e. The van der Waals surface area contributed by atoms with E-state index in [1.165, 1.54) is 4.88 Å². The lowest BCUT2D eigenvalue weighted by Gasteiger charge is -2.33. The third-order valence-corrected chi connectivity index (χ3v) is 10.3. The van der Waals surface area contributed by atoms with Crippen LogP contribution in [0.3, 0.4) is 0 Å². The van der Waals surface area contributed by atoms with Gasteiger partial charge >= 0.3 is 0 Å². The van der Waals surface area contributed by atoms with Gasteiger partial charge in [0, 0.05) is 17.5 Å². The van der Waals surface area contributed by atoms with Gasteiger partial charge in [0.15, 0.2) is 21.3 Å². The summed E-state index contributed by atoms with van der Waals surface area (Å²) in [6.07, 6.45) is 2.33. The quantitative estimate of drug-likeness (QED) is 0.437. The summed E-state index contributed by atoms with van der Waals surface area (Å²) in [6, 6.07) is 6.89. The SMILES string of the molecule is COc1ccccc1OCC(O)CNc1sc2c(c1C(=O)NC1CCS(=O)(=O)C1)CCC(C(C)(C)C)C2. The van der Waals surface area contributed by atoms with E-state index in [4.69, 9.17) is 9.47 Å². The first-order valence-corrected chi connectivity index (χ1v) is 15.4. The van der Waals surface area contributed by atoms with Crippen molar-refractivity contribution < 1.29 is 27.8 Å². The second kappa shape index (κ2) is 11.2. The lowest BCUT2D eigenvalue weighted by Crippen LogP contribution is -2.36. The van der Waals surface area contributed by atoms with Gasteiger partial charge in [-0.2, -0.15) is 0 Å². The molecule has 1 saturated heterocycles. The van der Waals surface area contributed by atoms with Crippen LogP contribution < -0.4 is 20.1 Å². The molecular formula is C27H38N2O6S2. The van der Waals surface area contributed by atoms with Crippen LogP contribution in [0.25, 0.3) is 0 Å². The largest absolute Gasteiger partial charge is 0.493 e. The lowest BCUT2D eigenvalue weighted by atomic mass is 9.72. The number of thiophene rings is 1. The van der Waals surface area contributed by atoms with Crippen molar-refractivity contribution in [1.82, 2.24) is 5.32 Å². The summed E-state index contributed by atoms with van der Waals surface area (Å²) >= 11 is 1.57. The highest BCUT2D eigenvalue weighted by Crippen LogP contribution is 2.44. The first-order chi connectivity index (χ1) is 17.5. The summed E-state index contributed by atoms with van der Waals surface area (Å²) < 4.78 is 34.9. The van der Waals surface area contributed by atoms with E-state index in [1.54, 1.807) is 30.6 Å². The number of rotatable bonds is 9. The van der Waals surface area contributed by atoms with Gasteiger partial charge in [-0.3, -0.25) is 4.79 Å². The monoisotopic (exact) mass is 550 g/mol. The van der Waals surface area contributed by atoms with E-state index in [2.05, 4.69) is 31.4 Å². The molecule has 3 unspecified atom stereocenters. The van der Waals surface area contributed by atoms with Crippen molar-refractivity contribution in [2.45, 2.75) is 58.6 Å². The molecule has 3 N–H and O–H groups in total. The molecule has 8 nitrogen and oxygen atoms in total. The molecule has 2 aliphatic rings. The summed E-state index contributed by atoms with van der Waals surface area (Å²) in [4.78, 5) is 14.6. The Kier molecular flexibility index (Phi) is 8.40. The Hall–Kier alpha value is -2.30. The summed E-state index contributed by atoms with van der Waals surface area (Å²) in [6.45, 7) is 7.02. The minimum Gasteiger partial charge on any atom is -0.493 e. The summed E-state index contributed by atoms with van der Waals surface area (Å²) in [5.41, 5.74) is 1.81. The number of amides is 1. The highest BCUT2D eigenvalue weighted by atomic mass is 32.2. The highest BCUT2D eigenvalue weighted by Gasteiger charge is 2.35. The molecule has 204 valence electrons. The first-order valence-electron chi connectivity index (χ1n) is 12.8. The van der Waals surface area contributed by atoms with Gasteiger partial charge < -0.3 is 25.2 Å². The Morgan fingerprint density at radius 2 is 1.95 bits per heavy atom. The van der Waals surface area contributed by atoms with Crippen LogP contribution in [0.5, 0.6) is 11.5 Å². The van der Waals surface area contributed by atoms with E-state index in [1.807, 2.05) is 12.1 Å². The molecule has 2 aromatic rings. The van der Waals surface area contributed by atoms with Crippen LogP contribution in [0.1, 0.15) is 54.4 Å². The number of carbonyl (C=O) groups is 1. The maximum absolute atomic E-state index is 13.4. The Morgan fingerprint density at radius 1 is 1.22 bits per heavy atom. The minimum atomic E-state index is -3.10. The van der Waals surface area contributed by atoms with E-state index in [0.29, 0.717) is 34.4 Å². The summed E-state index contributed by atoms with van der Waals surface area (Å²) in [5.74, 6) is 1.51. The minimum absolute atomic E-state index is 0.0150. The van der Waals surface area contributed by atoms with Gasteiger partial charge in [-0.1, -0.05) is 32.9 Å². The molecular weight excluding hydrogens is 512 g/mol. The molecule has 1 aliphatic carbocycles. The molecule has 1 aromatic carbocycles. The number of para-hydroxylation sites is 2. The molecule has 0 saturated carbocycles. The number of nitrogens with one attached hydrogen (secondary N) is 2. The lowest BCUT2D eigenvalue weighted by molar-refractivity contribution is 0.0940. The number of benzene rings is 1. The Bertz CT molecular complexity index is 1220. The third-order valence-electron chi connectivity index (χ3n) is 7.28. The smallest absolute Gasteiger partial charge is 0.254 e. The van der Waals surface area contributed by atoms with Crippen molar-refractivity contribution in [2.24, 2.45) is 11.3 Å². The average Bonchev–Trinajstić information content (AvgIpc) is 3.39. The van der Waals surface area contributed by atoms with Gasteiger partial charge in [-0.05, 0) is 54.7 Å². The van der Waals surface area contributed by atoms with Crippen molar-refractivity contribution in [3.63, 3.8) is 0 Å². The van der Waals surface area contributed by atoms with Crippen molar-refractivity contribution >= 4 is 32.1 Å². The zero-order valence-electron chi connectivity index (χ0n) is 22.0. The molecule has 0 spiro atoms. The predicted molar refractivity (Wildman–Crippen MR) is 147 cm³/mol. The van der Waals surface area contributed by atoms with Crippen molar-refractivity contribution in [2.75, 3.05) is 37.1 Å². The fourth-order valence-electron chi connectivity index (χ4n) is 5.05. The molecule has 0 bridgehead atoms. The number of sulfone groups is 1. The number of hydrogen-bond donors (Lipinski definition) is 3. The van der Waals surface area contributed by atoms with E-state index in [0.717, 1.165) is 24.8 Å². The highest BCUT2D eigenvalue weighted by molar-refractivity contribution is 7.91. The zero-order chi connectivity index (χ0) is 26.8. The van der Waals surface area contributed by atoms with E-state index in [9.17, 15) is 18.3 Å². The molecule has 3 atom stereocenters. The molecule has 1 fully saturated rings. The van der Waals surface area contributed by atoms with Crippen LogP contribution in [0, 0.1) is 11.3 Å². The van der Waals surface area contributed by atoms with Crippen LogP contribution in [-0.2, 0) is 22.7 Å². The van der Waals surface area contributed by atoms with Gasteiger partial charge in [-0.15, -0.1) is 11.3 Å². The topological polar surface area (TPSA) is 114 Å². The summed E-state index contributed by atoms with van der Waals surface area (Å²) in [5, 5.41) is 17.6. The Morgan fingerprint density at radius 3 is 2.59 bits per heavy atom. The van der Waals surface area contributed by atoms with Gasteiger partial charge in [0.05, 0.1) is 24.2 Å². The number of aliphatic hydroxyl groups is 1. The second-order valence-electron chi connectivity index (χ2n) is 11.1. The van der Waals surface area contributed by atoms with E-state index < -0.39 is 15.9 Å². The number of hydrogen-bond acceptors (Lipinski definition) is 8. The van der Waals surface area contributed by atoms with Crippen LogP contribution in [0.2, 0.25) is 0 Å². The van der Waals surface area contributed by atoms with E-state index >= 15 is 0 Å². The Balaban J connectivity index is 1.48. The van der Waals surface area contributed by atoms with Crippen molar-refractivity contribution in [1.29, 1.82) is 0 Å². The fourth-order valence-corrected chi connectivity index (χ4v) is 8.05. The van der Waals surface area contributed by atoms with Gasteiger partial charge in [0.25, 0.3) is 5.91 Å². The zero-order valence-corrected chi connectivity index (χ0v) is 23.6. The molecule has 2 heterocycles. The molecule has 10 heteroatoms. The predicted octanol–water partition coefficient (Wildman–Crippen LogP) is 3.68. The van der Waals surface area contributed by atoms with Crippen molar-refractivity contribution in [3.8, 4) is 11.5 Å². The van der Waals surface area contributed by atoms with E-state index in [-0.39, 0.29) is 42.0 Å². The van der Waals surface area contributed by atoms with Crippen LogP contribution >= 0.6 is 11.3 Å². The average molecular weight is 551 g/mol. The number of carbonyl (C=O) groups excluding carboxylic acids is 1. The first kappa shape index (κ1) is 27.7. The second-order valence-corrected chi connectivity index (χ2v) is 14.4. The number of fused-ring (bicyclic) bond motifs is 1. The molecule has 1 aromatic heterocycles. The maximum atomic E-state index is 13.4. The Labute approximate surface area is 223 Å². The molecule has 4 rings (SSSR count). The van der Waals surface area contributed by atoms with Gasteiger partial charge in [0.2, 0.25) is 0 Å². The van der Waals surface area contributed by atoms with Crippen molar-refractivity contribution in [3.05, 3.63) is 40.3 Å². The molecule has 1 aliphatic heterocycles. The van der Waals surface area contributed by atoms with Crippen LogP contribution in [0.15, 0.2) is 24.3 Å².